The molecule has 0 atom stereocenters. The first-order chi connectivity index (χ1) is 9.76. The second-order valence-electron chi connectivity index (χ2n) is 5.28. The number of amides is 1. The topological polar surface area (TPSA) is 55.1 Å². The van der Waals surface area contributed by atoms with Crippen LogP contribution in [0.4, 0.5) is 0 Å². The summed E-state index contributed by atoms with van der Waals surface area (Å²) in [7, 11) is 0. The third-order valence-electron chi connectivity index (χ3n) is 3.96. The van der Waals surface area contributed by atoms with Crippen LogP contribution in [0.1, 0.15) is 32.6 Å². The molecule has 3 heteroatoms. The number of carbonyl (C=O) groups is 1. The van der Waals surface area contributed by atoms with Crippen LogP contribution in [0, 0.1) is 0 Å². The summed E-state index contributed by atoms with van der Waals surface area (Å²) >= 11 is 0. The van der Waals surface area contributed by atoms with E-state index in [0.29, 0.717) is 5.56 Å². The summed E-state index contributed by atoms with van der Waals surface area (Å²) in [5, 5.41) is 0. The van der Waals surface area contributed by atoms with E-state index in [1.807, 2.05) is 6.07 Å². The van der Waals surface area contributed by atoms with Gasteiger partial charge in [-0.25, -0.2) is 5.84 Å². The van der Waals surface area contributed by atoms with Crippen LogP contribution in [0.5, 0.6) is 0 Å². The predicted molar refractivity (Wildman–Crippen MR) is 79.4 cm³/mol. The van der Waals surface area contributed by atoms with E-state index in [4.69, 9.17) is 5.84 Å². The molecule has 6 rings (SSSR count). The number of rotatable bonds is 1. The van der Waals surface area contributed by atoms with Gasteiger partial charge < -0.3 is 0 Å². The highest BCUT2D eigenvalue weighted by Gasteiger charge is 2.12. The second kappa shape index (κ2) is 5.47. The Hall–Kier alpha value is -2.13. The van der Waals surface area contributed by atoms with Crippen molar-refractivity contribution in [2.75, 3.05) is 0 Å². The van der Waals surface area contributed by atoms with Crippen LogP contribution in [0.3, 0.4) is 0 Å². The zero-order valence-electron chi connectivity index (χ0n) is 11.4. The summed E-state index contributed by atoms with van der Waals surface area (Å²) in [5.74, 6) is 5.09. The van der Waals surface area contributed by atoms with Crippen LogP contribution < -0.4 is 11.3 Å². The average molecular weight is 266 g/mol. The van der Waals surface area contributed by atoms with E-state index < -0.39 is 0 Å². The highest BCUT2D eigenvalue weighted by atomic mass is 16.2. The molecule has 2 aromatic rings. The monoisotopic (exact) mass is 266 g/mol. The molecule has 0 saturated heterocycles. The van der Waals surface area contributed by atoms with E-state index in [2.05, 4.69) is 41.8 Å². The van der Waals surface area contributed by atoms with Gasteiger partial charge in [0.15, 0.2) is 0 Å². The quantitative estimate of drug-likeness (QED) is 0.472. The first-order valence-corrected chi connectivity index (χ1v) is 6.97. The summed E-state index contributed by atoms with van der Waals surface area (Å²) in [6, 6.07) is 14.9. The van der Waals surface area contributed by atoms with Crippen molar-refractivity contribution in [1.29, 1.82) is 0 Å². The molecule has 4 aliphatic carbocycles. The lowest BCUT2D eigenvalue weighted by Gasteiger charge is -2.13. The molecule has 0 aliphatic heterocycles. The van der Waals surface area contributed by atoms with Gasteiger partial charge in [0.2, 0.25) is 0 Å². The first-order valence-electron chi connectivity index (χ1n) is 6.97. The summed E-state index contributed by atoms with van der Waals surface area (Å²) in [5.41, 5.74) is 7.83. The van der Waals surface area contributed by atoms with E-state index in [9.17, 15) is 4.79 Å². The molecule has 0 radical (unpaired) electrons. The molecule has 0 fully saturated rings. The molecule has 102 valence electrons. The summed E-state index contributed by atoms with van der Waals surface area (Å²) in [6.07, 6.45) is 3.71. The van der Waals surface area contributed by atoms with Gasteiger partial charge in [0.05, 0.1) is 0 Å². The molecule has 4 aliphatic rings. The second-order valence-corrected chi connectivity index (χ2v) is 5.28. The molecule has 1 amide bonds. The van der Waals surface area contributed by atoms with E-state index >= 15 is 0 Å². The number of nitrogens with two attached hydrogens (primary N) is 1. The molecule has 0 spiro atoms. The first kappa shape index (κ1) is 12.9. The van der Waals surface area contributed by atoms with Crippen LogP contribution in [0.2, 0.25) is 0 Å². The number of hydrogen-bond donors (Lipinski definition) is 2. The normalized spacial score (nSPS) is 13.7. The van der Waals surface area contributed by atoms with E-state index in [-0.39, 0.29) is 5.91 Å². The maximum Gasteiger partial charge on any atom is 0.265 e. The fourth-order valence-electron chi connectivity index (χ4n) is 2.73. The van der Waals surface area contributed by atoms with Crippen LogP contribution in [0.15, 0.2) is 42.5 Å². The number of nitrogen functional groups attached to an aromatic ring is 1. The van der Waals surface area contributed by atoms with Gasteiger partial charge in [-0.1, -0.05) is 36.4 Å². The third kappa shape index (κ3) is 2.58. The molecule has 20 heavy (non-hydrogen) atoms. The van der Waals surface area contributed by atoms with Gasteiger partial charge in [-0.05, 0) is 54.0 Å². The van der Waals surface area contributed by atoms with Gasteiger partial charge in [-0.2, -0.15) is 0 Å². The van der Waals surface area contributed by atoms with Crippen molar-refractivity contribution in [1.82, 2.24) is 5.43 Å². The van der Waals surface area contributed by atoms with Crippen molar-refractivity contribution in [3.8, 4) is 0 Å². The molecular weight excluding hydrogens is 248 g/mol. The van der Waals surface area contributed by atoms with Crippen LogP contribution in [-0.4, -0.2) is 5.91 Å². The molecule has 0 aromatic heterocycles. The minimum atomic E-state index is -0.201. The standard InChI is InChI=1S/C17H18N2O/c18-19-17(20)16-11-14-6-5-12-1-3-13(4-2-12)7-9-15(16)10-8-14/h1-4,8,10-11H,5-7,9,18H2,(H,19,20). The molecular formula is C17H18N2O. The van der Waals surface area contributed by atoms with Gasteiger partial charge >= 0.3 is 0 Å². The lowest BCUT2D eigenvalue weighted by atomic mass is 9.93. The van der Waals surface area contributed by atoms with E-state index in [0.717, 1.165) is 31.2 Å². The Morgan fingerprint density at radius 2 is 1.40 bits per heavy atom. The van der Waals surface area contributed by atoms with Crippen LogP contribution in [0.25, 0.3) is 0 Å². The number of hydrazine groups is 1. The van der Waals surface area contributed by atoms with Crippen molar-refractivity contribution in [2.45, 2.75) is 25.7 Å². The van der Waals surface area contributed by atoms with Crippen LogP contribution in [-0.2, 0) is 25.7 Å². The van der Waals surface area contributed by atoms with Crippen molar-refractivity contribution < 1.29 is 4.79 Å². The molecule has 0 saturated carbocycles. The largest absolute Gasteiger partial charge is 0.290 e. The summed E-state index contributed by atoms with van der Waals surface area (Å²) < 4.78 is 0. The summed E-state index contributed by atoms with van der Waals surface area (Å²) in [6.45, 7) is 0. The smallest absolute Gasteiger partial charge is 0.265 e. The Bertz CT molecular complexity index is 632. The van der Waals surface area contributed by atoms with E-state index in [1.54, 1.807) is 0 Å². The number of aryl methyl sites for hydroxylation is 4. The van der Waals surface area contributed by atoms with Crippen molar-refractivity contribution in [2.24, 2.45) is 5.84 Å². The Morgan fingerprint density at radius 3 is 2.05 bits per heavy atom. The molecule has 4 bridgehead atoms. The third-order valence-corrected chi connectivity index (χ3v) is 3.96. The lowest BCUT2D eigenvalue weighted by Crippen LogP contribution is -2.31. The number of hydrogen-bond acceptors (Lipinski definition) is 2. The SMILES string of the molecule is NNC(=O)c1cc2ccc1CCc1ccc(cc1)CC2. The molecule has 3 N–H and O–H groups in total. The summed E-state index contributed by atoms with van der Waals surface area (Å²) in [4.78, 5) is 11.9. The zero-order chi connectivity index (χ0) is 13.9. The van der Waals surface area contributed by atoms with Crippen molar-refractivity contribution in [3.05, 3.63) is 70.3 Å². The zero-order valence-corrected chi connectivity index (χ0v) is 11.4. The van der Waals surface area contributed by atoms with Gasteiger partial charge in [0.1, 0.15) is 0 Å². The molecule has 0 unspecified atom stereocenters. The maximum absolute atomic E-state index is 11.9. The lowest BCUT2D eigenvalue weighted by molar-refractivity contribution is 0.0952. The minimum absolute atomic E-state index is 0.201. The Morgan fingerprint density at radius 1 is 0.850 bits per heavy atom. The number of carbonyl (C=O) groups excluding carboxylic acids is 1. The van der Waals surface area contributed by atoms with Crippen LogP contribution >= 0.6 is 0 Å². The number of benzene rings is 2. The van der Waals surface area contributed by atoms with Crippen molar-refractivity contribution in [3.63, 3.8) is 0 Å². The Kier molecular flexibility index (Phi) is 3.52. The highest BCUT2D eigenvalue weighted by Crippen LogP contribution is 2.19. The Balaban J connectivity index is 2.01. The fourth-order valence-corrected chi connectivity index (χ4v) is 2.73. The van der Waals surface area contributed by atoms with Gasteiger partial charge in [-0.3, -0.25) is 10.2 Å². The maximum atomic E-state index is 11.9. The van der Waals surface area contributed by atoms with Gasteiger partial charge in [0, 0.05) is 5.56 Å². The minimum Gasteiger partial charge on any atom is -0.290 e. The molecule has 0 heterocycles. The Labute approximate surface area is 118 Å². The predicted octanol–water partition coefficient (Wildman–Crippen LogP) is 2.17. The molecule has 3 nitrogen and oxygen atoms in total. The van der Waals surface area contributed by atoms with E-state index in [1.165, 1.54) is 16.7 Å². The van der Waals surface area contributed by atoms with Crippen molar-refractivity contribution >= 4 is 5.91 Å². The molecule has 2 aromatic carbocycles. The number of nitrogens with one attached hydrogen (secondary N) is 1. The highest BCUT2D eigenvalue weighted by molar-refractivity contribution is 5.95. The van der Waals surface area contributed by atoms with Gasteiger partial charge in [-0.15, -0.1) is 0 Å². The average Bonchev–Trinajstić information content (AvgIpc) is 2.49. The fraction of sp³-hybridized carbons (Fsp3) is 0.235. The van der Waals surface area contributed by atoms with Gasteiger partial charge in [0.25, 0.3) is 5.91 Å².